The quantitative estimate of drug-likeness (QED) is 0.368. The molecule has 0 amide bonds. The lowest BCUT2D eigenvalue weighted by molar-refractivity contribution is -0.384. The molecule has 1 rings (SSSR count). The van der Waals surface area contributed by atoms with Crippen LogP contribution in [-0.2, 0) is 11.2 Å². The summed E-state index contributed by atoms with van der Waals surface area (Å²) in [7, 11) is 0. The molecule has 0 unspecified atom stereocenters. The minimum atomic E-state index is -0.951. The third kappa shape index (κ3) is 3.42. The van der Waals surface area contributed by atoms with Gasteiger partial charge in [0.1, 0.15) is 6.04 Å². The lowest BCUT2D eigenvalue weighted by Crippen LogP contribution is -2.32. The van der Waals surface area contributed by atoms with E-state index in [1.54, 1.807) is 35.0 Å². The Morgan fingerprint density at radius 3 is 2.44 bits per heavy atom. The van der Waals surface area contributed by atoms with Gasteiger partial charge in [0.25, 0.3) is 5.69 Å². The van der Waals surface area contributed by atoms with Gasteiger partial charge in [0.05, 0.1) is 4.92 Å². The maximum absolute atomic E-state index is 10.7. The minimum Gasteiger partial charge on any atom is -0.480 e. The molecule has 86 valence electrons. The number of hydrogen-bond acceptors (Lipinski definition) is 4. The van der Waals surface area contributed by atoms with Gasteiger partial charge in [-0.25, -0.2) is 3.53 Å². The van der Waals surface area contributed by atoms with Crippen LogP contribution in [0.15, 0.2) is 24.3 Å². The molecule has 1 aromatic rings. The topological polar surface area (TPSA) is 92.5 Å². The summed E-state index contributed by atoms with van der Waals surface area (Å²) in [5.74, 6) is -0.951. The number of aliphatic carboxylic acids is 1. The zero-order chi connectivity index (χ0) is 12.1. The number of hydrogen-bond donors (Lipinski definition) is 2. The molecule has 0 aromatic heterocycles. The van der Waals surface area contributed by atoms with Gasteiger partial charge in [0, 0.05) is 35.0 Å². The third-order valence-electron chi connectivity index (χ3n) is 2.02. The summed E-state index contributed by atoms with van der Waals surface area (Å²) in [6, 6.07) is 5.15. The van der Waals surface area contributed by atoms with Gasteiger partial charge in [-0.15, -0.1) is 0 Å². The molecule has 0 spiro atoms. The van der Waals surface area contributed by atoms with Crippen LogP contribution in [-0.4, -0.2) is 22.0 Å². The summed E-state index contributed by atoms with van der Waals surface area (Å²) in [4.78, 5) is 20.6. The van der Waals surface area contributed by atoms with Crippen molar-refractivity contribution in [2.45, 2.75) is 12.5 Å². The van der Waals surface area contributed by atoms with Gasteiger partial charge < -0.3 is 5.11 Å². The maximum Gasteiger partial charge on any atom is 0.321 e. The fourth-order valence-electron chi connectivity index (χ4n) is 1.16. The predicted octanol–water partition coefficient (Wildman–Crippen LogP) is 1.53. The average molecular weight is 336 g/mol. The van der Waals surface area contributed by atoms with Crippen molar-refractivity contribution in [3.8, 4) is 0 Å². The maximum atomic E-state index is 10.7. The molecule has 6 nitrogen and oxygen atoms in total. The number of nitrogens with zero attached hydrogens (tertiary/aromatic N) is 1. The summed E-state index contributed by atoms with van der Waals surface area (Å²) in [5.41, 5.74) is 0.736. The van der Waals surface area contributed by atoms with Crippen LogP contribution in [0, 0.1) is 10.1 Å². The number of benzene rings is 1. The van der Waals surface area contributed by atoms with Crippen molar-refractivity contribution in [2.24, 2.45) is 0 Å². The highest BCUT2D eigenvalue weighted by Gasteiger charge is 2.16. The molecule has 0 bridgehead atoms. The summed E-state index contributed by atoms with van der Waals surface area (Å²) >= 11 is 1.77. The van der Waals surface area contributed by atoms with E-state index in [1.165, 1.54) is 12.1 Å². The number of halogens is 1. The van der Waals surface area contributed by atoms with Crippen LogP contribution in [0.1, 0.15) is 5.56 Å². The Labute approximate surface area is 105 Å². The molecule has 0 heterocycles. The summed E-state index contributed by atoms with van der Waals surface area (Å²) in [6.07, 6.45) is 0.288. The smallest absolute Gasteiger partial charge is 0.321 e. The molecule has 0 aliphatic heterocycles. The van der Waals surface area contributed by atoms with Crippen LogP contribution in [0.3, 0.4) is 0 Å². The number of carboxylic acids is 1. The molecule has 0 saturated carbocycles. The number of nitro benzene ring substituents is 1. The SMILES string of the molecule is O=C(O)[C@H](Cc1ccc([N+](=O)[O-])cc1)NI. The average Bonchev–Trinajstić information content (AvgIpc) is 2.26. The Balaban J connectivity index is 2.75. The summed E-state index contributed by atoms with van der Waals surface area (Å²) in [5, 5.41) is 19.2. The second kappa shape index (κ2) is 5.75. The molecule has 1 atom stereocenters. The van der Waals surface area contributed by atoms with E-state index in [9.17, 15) is 14.9 Å². The summed E-state index contributed by atoms with van der Waals surface area (Å²) < 4.78 is 2.62. The van der Waals surface area contributed by atoms with E-state index in [-0.39, 0.29) is 12.1 Å². The number of rotatable bonds is 5. The highest BCUT2D eigenvalue weighted by molar-refractivity contribution is 14.1. The van der Waals surface area contributed by atoms with Gasteiger partial charge in [0.2, 0.25) is 0 Å². The van der Waals surface area contributed by atoms with E-state index in [1.807, 2.05) is 0 Å². The normalized spacial score (nSPS) is 12.1. The zero-order valence-corrected chi connectivity index (χ0v) is 10.2. The lowest BCUT2D eigenvalue weighted by atomic mass is 10.1. The molecule has 0 saturated heterocycles. The first kappa shape index (κ1) is 12.8. The largest absolute Gasteiger partial charge is 0.480 e. The molecular weight excluding hydrogens is 327 g/mol. The predicted molar refractivity (Wildman–Crippen MR) is 65.4 cm³/mol. The Morgan fingerprint density at radius 2 is 2.06 bits per heavy atom. The first-order chi connectivity index (χ1) is 7.54. The van der Waals surface area contributed by atoms with Crippen molar-refractivity contribution in [3.63, 3.8) is 0 Å². The van der Waals surface area contributed by atoms with Crippen molar-refractivity contribution in [1.29, 1.82) is 0 Å². The Hall–Kier alpha value is -1.22. The molecule has 0 aliphatic rings. The highest BCUT2D eigenvalue weighted by Crippen LogP contribution is 2.13. The summed E-state index contributed by atoms with van der Waals surface area (Å²) in [6.45, 7) is 0. The van der Waals surface area contributed by atoms with E-state index in [0.717, 1.165) is 5.56 Å². The number of carbonyl (C=O) groups is 1. The highest BCUT2D eigenvalue weighted by atomic mass is 127. The minimum absolute atomic E-state index is 0.00180. The van der Waals surface area contributed by atoms with Crippen molar-refractivity contribution >= 4 is 34.5 Å². The van der Waals surface area contributed by atoms with E-state index in [0.29, 0.717) is 0 Å². The van der Waals surface area contributed by atoms with Gasteiger partial charge in [-0.1, -0.05) is 12.1 Å². The standard InChI is InChI=1S/C9H9IN2O4/c10-11-8(9(13)14)5-6-1-3-7(4-2-6)12(15)16/h1-4,8,11H,5H2,(H,13,14)/t8-/m0/s1. The van der Waals surface area contributed by atoms with Crippen LogP contribution in [0.4, 0.5) is 5.69 Å². The van der Waals surface area contributed by atoms with Gasteiger partial charge in [-0.05, 0) is 12.0 Å². The van der Waals surface area contributed by atoms with E-state index in [4.69, 9.17) is 5.11 Å². The first-order valence-corrected chi connectivity index (χ1v) is 5.44. The Morgan fingerprint density at radius 1 is 1.50 bits per heavy atom. The molecule has 7 heteroatoms. The van der Waals surface area contributed by atoms with Crippen LogP contribution < -0.4 is 3.53 Å². The van der Waals surface area contributed by atoms with Crippen LogP contribution in [0.25, 0.3) is 0 Å². The van der Waals surface area contributed by atoms with Gasteiger partial charge in [0.15, 0.2) is 0 Å². The Kier molecular flexibility index (Phi) is 4.62. The van der Waals surface area contributed by atoms with E-state index >= 15 is 0 Å². The fourth-order valence-corrected chi connectivity index (χ4v) is 1.65. The molecule has 0 radical (unpaired) electrons. The lowest BCUT2D eigenvalue weighted by Gasteiger charge is -2.09. The molecule has 0 aliphatic carbocycles. The van der Waals surface area contributed by atoms with Crippen molar-refractivity contribution in [2.75, 3.05) is 0 Å². The second-order valence-electron chi connectivity index (χ2n) is 3.13. The third-order valence-corrected chi connectivity index (χ3v) is 2.77. The first-order valence-electron chi connectivity index (χ1n) is 4.37. The van der Waals surface area contributed by atoms with Crippen LogP contribution in [0.2, 0.25) is 0 Å². The fraction of sp³-hybridized carbons (Fsp3) is 0.222. The van der Waals surface area contributed by atoms with Gasteiger partial charge in [-0.2, -0.15) is 0 Å². The second-order valence-corrected chi connectivity index (χ2v) is 3.75. The molecule has 16 heavy (non-hydrogen) atoms. The monoisotopic (exact) mass is 336 g/mol. The molecule has 1 aromatic carbocycles. The van der Waals surface area contributed by atoms with Gasteiger partial charge in [-0.3, -0.25) is 14.9 Å². The number of nitrogens with one attached hydrogen (secondary N) is 1. The zero-order valence-electron chi connectivity index (χ0n) is 8.09. The number of carboxylic acid groups (broad SMARTS) is 1. The van der Waals surface area contributed by atoms with Gasteiger partial charge >= 0.3 is 5.97 Å². The van der Waals surface area contributed by atoms with Crippen LogP contribution in [0.5, 0.6) is 0 Å². The van der Waals surface area contributed by atoms with E-state index in [2.05, 4.69) is 3.53 Å². The Bertz CT molecular complexity index is 393. The molecule has 0 fully saturated rings. The molecular formula is C9H9IN2O4. The number of nitro groups is 1. The van der Waals surface area contributed by atoms with Crippen LogP contribution >= 0.6 is 22.9 Å². The van der Waals surface area contributed by atoms with Crippen molar-refractivity contribution in [1.82, 2.24) is 3.53 Å². The molecule has 2 N–H and O–H groups in total. The van der Waals surface area contributed by atoms with Crippen molar-refractivity contribution in [3.05, 3.63) is 39.9 Å². The van der Waals surface area contributed by atoms with Crippen molar-refractivity contribution < 1.29 is 14.8 Å². The van der Waals surface area contributed by atoms with E-state index < -0.39 is 16.9 Å². The number of non-ortho nitro benzene ring substituents is 1.